The van der Waals surface area contributed by atoms with Crippen LogP contribution in [0.3, 0.4) is 0 Å². The van der Waals surface area contributed by atoms with E-state index >= 15 is 0 Å². The molecule has 4 aliphatic rings. The highest BCUT2D eigenvalue weighted by Crippen LogP contribution is 2.61. The van der Waals surface area contributed by atoms with E-state index in [4.69, 9.17) is 0 Å². The fraction of sp³-hybridized carbons (Fsp3) is 0.581. The molecule has 1 N–H and O–H groups in total. The van der Waals surface area contributed by atoms with Gasteiger partial charge < -0.3 is 19.8 Å². The molecule has 7 nitrogen and oxygen atoms in total. The molecule has 0 bridgehead atoms. The van der Waals surface area contributed by atoms with E-state index in [2.05, 4.69) is 39.8 Å². The van der Waals surface area contributed by atoms with E-state index in [-0.39, 0.29) is 41.5 Å². The van der Waals surface area contributed by atoms with Crippen LogP contribution in [0.1, 0.15) is 47.0 Å². The maximum Gasteiger partial charge on any atom is 0.247 e. The summed E-state index contributed by atoms with van der Waals surface area (Å²) in [5.74, 6) is -1.37. The zero-order chi connectivity index (χ0) is 27.9. The quantitative estimate of drug-likeness (QED) is 0.496. The van der Waals surface area contributed by atoms with Gasteiger partial charge in [-0.2, -0.15) is 0 Å². The number of benzene rings is 1. The maximum absolute atomic E-state index is 14.5. The number of carbonyl (C=O) groups is 3. The Kier molecular flexibility index (Phi) is 7.98. The molecular formula is C31H41N3O4S. The molecule has 8 heteroatoms. The van der Waals surface area contributed by atoms with Crippen LogP contribution in [0, 0.1) is 17.8 Å². The van der Waals surface area contributed by atoms with Crippen LogP contribution in [-0.4, -0.2) is 80.4 Å². The van der Waals surface area contributed by atoms with Gasteiger partial charge >= 0.3 is 0 Å². The predicted octanol–water partition coefficient (Wildman–Crippen LogP) is 3.88. The smallest absolute Gasteiger partial charge is 0.247 e. The Labute approximate surface area is 236 Å². The minimum absolute atomic E-state index is 0.0305. The number of rotatable bonds is 8. The first-order valence-electron chi connectivity index (χ1n) is 14.4. The second kappa shape index (κ2) is 11.1. The van der Waals surface area contributed by atoms with Crippen LogP contribution in [0.15, 0.2) is 54.6 Å². The highest BCUT2D eigenvalue weighted by Gasteiger charge is 2.71. The third kappa shape index (κ3) is 4.63. The van der Waals surface area contributed by atoms with E-state index in [9.17, 15) is 19.5 Å². The van der Waals surface area contributed by atoms with Crippen molar-refractivity contribution in [1.82, 2.24) is 9.80 Å². The van der Waals surface area contributed by atoms with Gasteiger partial charge in [0.25, 0.3) is 0 Å². The van der Waals surface area contributed by atoms with Crippen molar-refractivity contribution in [1.29, 1.82) is 0 Å². The molecule has 7 atom stereocenters. The third-order valence-electron chi connectivity index (χ3n) is 8.78. The van der Waals surface area contributed by atoms with Gasteiger partial charge in [0.15, 0.2) is 0 Å². The van der Waals surface area contributed by atoms with E-state index in [1.54, 1.807) is 21.6 Å². The molecule has 0 aromatic heterocycles. The highest BCUT2D eigenvalue weighted by molar-refractivity contribution is 8.02. The maximum atomic E-state index is 14.5. The molecular weight excluding hydrogens is 510 g/mol. The molecule has 4 heterocycles. The number of carbonyl (C=O) groups excluding carboxylic acids is 3. The van der Waals surface area contributed by atoms with Gasteiger partial charge in [-0.05, 0) is 37.8 Å². The van der Waals surface area contributed by atoms with E-state index in [0.717, 1.165) is 18.5 Å². The molecule has 39 heavy (non-hydrogen) atoms. The number of hydrogen-bond donors (Lipinski definition) is 1. The summed E-state index contributed by atoms with van der Waals surface area (Å²) in [6.07, 6.45) is 10.6. The monoisotopic (exact) mass is 551 g/mol. The second-order valence-corrected chi connectivity index (χ2v) is 13.3. The summed E-state index contributed by atoms with van der Waals surface area (Å²) in [5, 5.41) is 10.3. The first kappa shape index (κ1) is 28.0. The Morgan fingerprint density at radius 3 is 2.44 bits per heavy atom. The standard InChI is InChI=1S/C31H41N3O4S/c1-5-11-21(4)32-17-10-15-31-26(29(37)34(27(31)30(32)38)23(19-35)18-20(2)3)25-24(39-31)14-9-16-33(28(25)36)22-12-7-6-8-13-22/h6-10,12-15,20-21,23-27,35H,5,11,16-19H2,1-4H3/t21?,23-,24+,25-,26+,27?,31+/m1/s1. The fourth-order valence-corrected chi connectivity index (χ4v) is 9.11. The molecule has 0 radical (unpaired) electrons. The van der Waals surface area contributed by atoms with Crippen molar-refractivity contribution in [3.05, 3.63) is 54.6 Å². The summed E-state index contributed by atoms with van der Waals surface area (Å²) in [5.41, 5.74) is 0.803. The summed E-state index contributed by atoms with van der Waals surface area (Å²) >= 11 is 1.60. The summed E-state index contributed by atoms with van der Waals surface area (Å²) in [6.45, 7) is 9.02. The van der Waals surface area contributed by atoms with Crippen LogP contribution in [-0.2, 0) is 14.4 Å². The number of thioether (sulfide) groups is 1. The summed E-state index contributed by atoms with van der Waals surface area (Å²) < 4.78 is -0.867. The molecule has 1 aromatic carbocycles. The largest absolute Gasteiger partial charge is 0.394 e. The number of fused-ring (bicyclic) bond motifs is 2. The SMILES string of the molecule is CCCC(C)N1CC=C[C@]23S[C@H]4C=CCN(c5ccccc5)C(=O)[C@H]4[C@H]2C(=O)N([C@@H](CO)CC(C)C)C3C1=O. The summed E-state index contributed by atoms with van der Waals surface area (Å²) in [4.78, 5) is 48.6. The first-order chi connectivity index (χ1) is 18.7. The molecule has 5 rings (SSSR count). The predicted molar refractivity (Wildman–Crippen MR) is 155 cm³/mol. The lowest BCUT2D eigenvalue weighted by Crippen LogP contribution is -2.58. The number of hydrogen-bond acceptors (Lipinski definition) is 5. The van der Waals surface area contributed by atoms with E-state index < -0.39 is 28.7 Å². The van der Waals surface area contributed by atoms with Gasteiger partial charge in [-0.25, -0.2) is 0 Å². The third-order valence-corrected chi connectivity index (χ3v) is 10.5. The Morgan fingerprint density at radius 1 is 1.03 bits per heavy atom. The van der Waals surface area contributed by atoms with E-state index in [1.807, 2.05) is 47.4 Å². The van der Waals surface area contributed by atoms with Gasteiger partial charge in [0.1, 0.15) is 6.04 Å². The molecule has 210 valence electrons. The van der Waals surface area contributed by atoms with Gasteiger partial charge in [-0.15, -0.1) is 11.8 Å². The number of aliphatic hydroxyl groups excluding tert-OH is 1. The zero-order valence-corrected chi connectivity index (χ0v) is 24.2. The molecule has 2 fully saturated rings. The number of aliphatic hydroxyl groups is 1. The van der Waals surface area contributed by atoms with Crippen molar-refractivity contribution in [2.24, 2.45) is 17.8 Å². The van der Waals surface area contributed by atoms with Crippen LogP contribution >= 0.6 is 11.8 Å². The molecule has 0 saturated carbocycles. The molecule has 2 saturated heterocycles. The van der Waals surface area contributed by atoms with Crippen LogP contribution in [0.2, 0.25) is 0 Å². The van der Waals surface area contributed by atoms with E-state index in [1.165, 1.54) is 0 Å². The van der Waals surface area contributed by atoms with Crippen molar-refractivity contribution in [2.75, 3.05) is 24.6 Å². The van der Waals surface area contributed by atoms with Gasteiger partial charge in [-0.1, -0.05) is 69.7 Å². The average Bonchev–Trinajstić information content (AvgIpc) is 3.23. The lowest BCUT2D eigenvalue weighted by Gasteiger charge is -2.40. The Balaban J connectivity index is 1.62. The van der Waals surface area contributed by atoms with Crippen molar-refractivity contribution in [3.63, 3.8) is 0 Å². The normalized spacial score (nSPS) is 31.7. The number of likely N-dealkylation sites (tertiary alicyclic amines) is 1. The van der Waals surface area contributed by atoms with Crippen LogP contribution < -0.4 is 4.90 Å². The zero-order valence-electron chi connectivity index (χ0n) is 23.4. The number of nitrogens with zero attached hydrogens (tertiary/aromatic N) is 3. The van der Waals surface area contributed by atoms with Crippen molar-refractivity contribution < 1.29 is 19.5 Å². The van der Waals surface area contributed by atoms with Gasteiger partial charge in [0.05, 0.1) is 29.2 Å². The summed E-state index contributed by atoms with van der Waals surface area (Å²) in [7, 11) is 0. The minimum Gasteiger partial charge on any atom is -0.394 e. The van der Waals surface area contributed by atoms with Crippen molar-refractivity contribution in [3.8, 4) is 0 Å². The molecule has 3 amide bonds. The topological polar surface area (TPSA) is 81.2 Å². The van der Waals surface area contributed by atoms with Gasteiger partial charge in [0.2, 0.25) is 17.7 Å². The Morgan fingerprint density at radius 2 is 1.77 bits per heavy atom. The molecule has 2 unspecified atom stereocenters. The van der Waals surface area contributed by atoms with Crippen molar-refractivity contribution in [2.45, 2.75) is 75.1 Å². The molecule has 1 spiro atoms. The lowest BCUT2D eigenvalue weighted by atomic mass is 9.78. The van der Waals surface area contributed by atoms with Gasteiger partial charge in [-0.3, -0.25) is 14.4 Å². The molecule has 4 aliphatic heterocycles. The average molecular weight is 552 g/mol. The first-order valence-corrected chi connectivity index (χ1v) is 15.2. The lowest BCUT2D eigenvalue weighted by molar-refractivity contribution is -0.147. The number of para-hydroxylation sites is 1. The number of anilines is 1. The van der Waals surface area contributed by atoms with Gasteiger partial charge in [0, 0.05) is 30.1 Å². The highest BCUT2D eigenvalue weighted by atomic mass is 32.2. The fourth-order valence-electron chi connectivity index (χ4n) is 7.12. The second-order valence-electron chi connectivity index (χ2n) is 11.8. The molecule has 0 aliphatic carbocycles. The molecule has 1 aromatic rings. The summed E-state index contributed by atoms with van der Waals surface area (Å²) in [6, 6.07) is 8.37. The van der Waals surface area contributed by atoms with Crippen LogP contribution in [0.25, 0.3) is 0 Å². The Hall–Kier alpha value is -2.58. The Bertz CT molecular complexity index is 1150. The van der Waals surface area contributed by atoms with Crippen molar-refractivity contribution >= 4 is 35.2 Å². The minimum atomic E-state index is -0.867. The van der Waals surface area contributed by atoms with E-state index in [0.29, 0.717) is 19.5 Å². The number of amides is 3. The van der Waals surface area contributed by atoms with Crippen LogP contribution in [0.5, 0.6) is 0 Å². The van der Waals surface area contributed by atoms with Crippen LogP contribution in [0.4, 0.5) is 5.69 Å².